The van der Waals surface area contributed by atoms with E-state index < -0.39 is 0 Å². The Bertz CT molecular complexity index is 883. The lowest BCUT2D eigenvalue weighted by molar-refractivity contribution is 0.0675. The number of hydrogen-bond acceptors (Lipinski definition) is 4. The Balaban J connectivity index is 1.60. The van der Waals surface area contributed by atoms with E-state index in [-0.39, 0.29) is 12.0 Å². The van der Waals surface area contributed by atoms with Crippen LogP contribution in [0.5, 0.6) is 5.88 Å². The minimum atomic E-state index is 0.199. The Morgan fingerprint density at radius 1 is 1.13 bits per heavy atom. The van der Waals surface area contributed by atoms with Gasteiger partial charge in [-0.1, -0.05) is 43.1 Å². The molecule has 1 saturated heterocycles. The molecule has 1 aromatic carbocycles. The summed E-state index contributed by atoms with van der Waals surface area (Å²) in [6.45, 7) is 8.47. The number of nitrogens with one attached hydrogen (secondary N) is 1. The Morgan fingerprint density at radius 3 is 2.60 bits per heavy atom. The lowest BCUT2D eigenvalue weighted by Gasteiger charge is -2.35. The van der Waals surface area contributed by atoms with Crippen molar-refractivity contribution in [3.63, 3.8) is 0 Å². The average molecular weight is 448 g/mol. The number of aromatic nitrogens is 1. The minimum absolute atomic E-state index is 0.199. The van der Waals surface area contributed by atoms with Crippen molar-refractivity contribution in [3.05, 3.63) is 57.2 Å². The van der Waals surface area contributed by atoms with E-state index in [1.807, 2.05) is 18.3 Å². The van der Waals surface area contributed by atoms with Gasteiger partial charge < -0.3 is 15.0 Å². The lowest BCUT2D eigenvalue weighted by atomic mass is 9.85. The molecule has 2 aliphatic rings. The van der Waals surface area contributed by atoms with E-state index in [0.29, 0.717) is 21.9 Å². The van der Waals surface area contributed by atoms with Crippen LogP contribution in [0.2, 0.25) is 10.0 Å². The summed E-state index contributed by atoms with van der Waals surface area (Å²) in [5.74, 6) is 2.00. The number of likely N-dealkylation sites (N-methyl/N-ethyl adjacent to an activating group) is 1. The molecule has 4 rings (SSSR count). The van der Waals surface area contributed by atoms with Crippen molar-refractivity contribution in [2.24, 2.45) is 11.8 Å². The highest BCUT2D eigenvalue weighted by atomic mass is 35.5. The van der Waals surface area contributed by atoms with Crippen LogP contribution in [0.3, 0.4) is 0 Å². The number of benzene rings is 1. The Morgan fingerprint density at radius 2 is 1.90 bits per heavy atom. The van der Waals surface area contributed by atoms with E-state index in [1.165, 1.54) is 16.7 Å². The monoisotopic (exact) mass is 447 g/mol. The molecule has 0 bridgehead atoms. The quantitative estimate of drug-likeness (QED) is 0.668. The molecule has 2 aromatic rings. The van der Waals surface area contributed by atoms with Gasteiger partial charge in [0, 0.05) is 31.3 Å². The summed E-state index contributed by atoms with van der Waals surface area (Å²) in [7, 11) is 2.15. The van der Waals surface area contributed by atoms with Crippen LogP contribution in [-0.2, 0) is 6.54 Å². The van der Waals surface area contributed by atoms with Crippen LogP contribution < -0.4 is 10.1 Å². The third-order valence-corrected chi connectivity index (χ3v) is 7.16. The first-order valence-corrected chi connectivity index (χ1v) is 11.7. The highest BCUT2D eigenvalue weighted by Gasteiger charge is 2.30. The van der Waals surface area contributed by atoms with E-state index in [9.17, 15) is 0 Å². The fourth-order valence-electron chi connectivity index (χ4n) is 4.87. The average Bonchev–Trinajstić information content (AvgIpc) is 2.73. The second kappa shape index (κ2) is 9.44. The highest BCUT2D eigenvalue weighted by molar-refractivity contribution is 6.42. The highest BCUT2D eigenvalue weighted by Crippen LogP contribution is 2.37. The zero-order valence-electron chi connectivity index (χ0n) is 18.0. The Kier molecular flexibility index (Phi) is 6.88. The third kappa shape index (κ3) is 4.77. The molecule has 3 heterocycles. The molecular formula is C24H31Cl2N3O. The molecule has 30 heavy (non-hydrogen) atoms. The molecule has 6 heteroatoms. The number of fused-ring (bicyclic) bond motifs is 1. The first-order valence-electron chi connectivity index (χ1n) is 10.9. The molecule has 2 unspecified atom stereocenters. The fourth-order valence-corrected chi connectivity index (χ4v) is 5.18. The number of rotatable bonds is 5. The van der Waals surface area contributed by atoms with Gasteiger partial charge in [-0.3, -0.25) is 0 Å². The normalized spacial score (nSPS) is 21.5. The standard InChI is InChI=1S/C24H31Cl2N3O/c1-15(2)24(16-6-8-27-9-7-16)30-23-11-18-13-29(3)14-20(19(18)12-28-23)17-4-5-21(25)22(26)10-17/h4-5,10-12,15-16,20,24,27H,6-9,13-14H2,1-3H3. The first kappa shape index (κ1) is 21.9. The van der Waals surface area contributed by atoms with Gasteiger partial charge in [0.25, 0.3) is 0 Å². The number of halogens is 2. The van der Waals surface area contributed by atoms with Gasteiger partial charge in [-0.15, -0.1) is 0 Å². The van der Waals surface area contributed by atoms with Crippen LogP contribution in [-0.4, -0.2) is 42.7 Å². The summed E-state index contributed by atoms with van der Waals surface area (Å²) < 4.78 is 6.50. The van der Waals surface area contributed by atoms with Crippen molar-refractivity contribution < 1.29 is 4.74 Å². The topological polar surface area (TPSA) is 37.4 Å². The molecule has 1 N–H and O–H groups in total. The van der Waals surface area contributed by atoms with Gasteiger partial charge in [0.05, 0.1) is 10.0 Å². The zero-order chi connectivity index (χ0) is 21.3. The van der Waals surface area contributed by atoms with Crippen LogP contribution in [0.25, 0.3) is 0 Å². The maximum absolute atomic E-state index is 6.50. The number of ether oxygens (including phenoxy) is 1. The van der Waals surface area contributed by atoms with E-state index in [1.54, 1.807) is 0 Å². The van der Waals surface area contributed by atoms with Crippen molar-refractivity contribution >= 4 is 23.2 Å². The summed E-state index contributed by atoms with van der Waals surface area (Å²) >= 11 is 12.4. The van der Waals surface area contributed by atoms with Crippen LogP contribution in [0.4, 0.5) is 0 Å². The molecule has 2 aliphatic heterocycles. The molecule has 4 nitrogen and oxygen atoms in total. The maximum Gasteiger partial charge on any atom is 0.213 e. The first-order chi connectivity index (χ1) is 14.4. The summed E-state index contributed by atoms with van der Waals surface area (Å²) in [6.07, 6.45) is 4.53. The molecule has 1 aromatic heterocycles. The van der Waals surface area contributed by atoms with Gasteiger partial charge in [-0.05, 0) is 73.6 Å². The van der Waals surface area contributed by atoms with E-state index >= 15 is 0 Å². The molecular weight excluding hydrogens is 417 g/mol. The van der Waals surface area contributed by atoms with Crippen LogP contribution in [0, 0.1) is 11.8 Å². The molecule has 0 radical (unpaired) electrons. The predicted octanol–water partition coefficient (Wildman–Crippen LogP) is 5.37. The van der Waals surface area contributed by atoms with E-state index in [4.69, 9.17) is 32.9 Å². The molecule has 2 atom stereocenters. The second-order valence-corrected chi connectivity index (χ2v) is 9.87. The van der Waals surface area contributed by atoms with E-state index in [2.05, 4.69) is 43.2 Å². The molecule has 0 amide bonds. The molecule has 162 valence electrons. The number of hydrogen-bond donors (Lipinski definition) is 1. The Hall–Kier alpha value is -1.33. The maximum atomic E-state index is 6.50. The lowest BCUT2D eigenvalue weighted by Crippen LogP contribution is -2.39. The van der Waals surface area contributed by atoms with Gasteiger partial charge >= 0.3 is 0 Å². The molecule has 0 spiro atoms. The minimum Gasteiger partial charge on any atom is -0.474 e. The summed E-state index contributed by atoms with van der Waals surface area (Å²) in [4.78, 5) is 7.07. The van der Waals surface area contributed by atoms with Gasteiger partial charge in [0.1, 0.15) is 6.10 Å². The van der Waals surface area contributed by atoms with Crippen LogP contribution in [0.15, 0.2) is 30.5 Å². The number of nitrogens with zero attached hydrogens (tertiary/aromatic N) is 2. The van der Waals surface area contributed by atoms with Gasteiger partial charge in [-0.25, -0.2) is 4.98 Å². The fraction of sp³-hybridized carbons (Fsp3) is 0.542. The smallest absolute Gasteiger partial charge is 0.213 e. The van der Waals surface area contributed by atoms with E-state index in [0.717, 1.165) is 44.9 Å². The summed E-state index contributed by atoms with van der Waals surface area (Å²) in [5.41, 5.74) is 3.70. The van der Waals surface area contributed by atoms with Crippen molar-refractivity contribution in [2.75, 3.05) is 26.7 Å². The van der Waals surface area contributed by atoms with Crippen molar-refractivity contribution in [1.82, 2.24) is 15.2 Å². The number of pyridine rings is 1. The van der Waals surface area contributed by atoms with Gasteiger partial charge in [0.2, 0.25) is 5.88 Å². The molecule has 0 aliphatic carbocycles. The predicted molar refractivity (Wildman–Crippen MR) is 124 cm³/mol. The van der Waals surface area contributed by atoms with Gasteiger partial charge in [0.15, 0.2) is 0 Å². The largest absolute Gasteiger partial charge is 0.474 e. The Labute approximate surface area is 189 Å². The number of piperidine rings is 1. The van der Waals surface area contributed by atoms with Crippen molar-refractivity contribution in [2.45, 2.75) is 45.3 Å². The van der Waals surface area contributed by atoms with Gasteiger partial charge in [-0.2, -0.15) is 0 Å². The third-order valence-electron chi connectivity index (χ3n) is 6.42. The zero-order valence-corrected chi connectivity index (χ0v) is 19.5. The SMILES string of the molecule is CC(C)C(Oc1cc2c(cn1)C(c1ccc(Cl)c(Cl)c1)CN(C)C2)C1CCNCC1. The van der Waals surface area contributed by atoms with Crippen molar-refractivity contribution in [3.8, 4) is 5.88 Å². The molecule has 1 fully saturated rings. The summed E-state index contributed by atoms with van der Waals surface area (Å²) in [6, 6.07) is 8.07. The van der Waals surface area contributed by atoms with Crippen LogP contribution >= 0.6 is 23.2 Å². The van der Waals surface area contributed by atoms with Crippen molar-refractivity contribution in [1.29, 1.82) is 0 Å². The second-order valence-electron chi connectivity index (χ2n) is 9.06. The molecule has 0 saturated carbocycles. The van der Waals surface area contributed by atoms with Crippen LogP contribution in [0.1, 0.15) is 49.3 Å². The summed E-state index contributed by atoms with van der Waals surface area (Å²) in [5, 5.41) is 4.63.